The van der Waals surface area contributed by atoms with Crippen molar-refractivity contribution in [1.29, 1.82) is 0 Å². The maximum atomic E-state index is 11.6. The molecule has 0 fully saturated rings. The first-order valence-electron chi connectivity index (χ1n) is 8.37. The Morgan fingerprint density at radius 3 is 2.44 bits per heavy atom. The number of aryl methyl sites for hydroxylation is 3. The van der Waals surface area contributed by atoms with Gasteiger partial charge in [0.25, 0.3) is 0 Å². The standard InChI is InChI=1S/C19H26N4O2/c1-6-25-19(24)22-16-7-8-17(23-18(16)20-5)21-11-15-13(3)9-12(2)10-14(15)4/h7-10H,6,11H2,1-5H3,(H,22,24)(H2,20,21,23). The summed E-state index contributed by atoms with van der Waals surface area (Å²) in [5.74, 6) is 1.31. The van der Waals surface area contributed by atoms with E-state index in [2.05, 4.69) is 53.8 Å². The second-order valence-electron chi connectivity index (χ2n) is 5.92. The zero-order valence-corrected chi connectivity index (χ0v) is 15.5. The van der Waals surface area contributed by atoms with Crippen molar-refractivity contribution in [2.24, 2.45) is 0 Å². The molecule has 25 heavy (non-hydrogen) atoms. The fourth-order valence-electron chi connectivity index (χ4n) is 2.79. The van der Waals surface area contributed by atoms with Gasteiger partial charge in [-0.05, 0) is 56.5 Å². The van der Waals surface area contributed by atoms with E-state index in [9.17, 15) is 4.79 Å². The van der Waals surface area contributed by atoms with Crippen LogP contribution in [-0.4, -0.2) is 24.7 Å². The molecule has 3 N–H and O–H groups in total. The molecule has 0 aliphatic rings. The van der Waals surface area contributed by atoms with Gasteiger partial charge in [0.05, 0.1) is 12.3 Å². The van der Waals surface area contributed by atoms with Crippen LogP contribution in [0.2, 0.25) is 0 Å². The number of ether oxygens (including phenoxy) is 1. The largest absolute Gasteiger partial charge is 0.450 e. The molecule has 0 bridgehead atoms. The van der Waals surface area contributed by atoms with Crippen LogP contribution in [-0.2, 0) is 11.3 Å². The Bertz CT molecular complexity index is 736. The van der Waals surface area contributed by atoms with E-state index in [0.717, 1.165) is 5.82 Å². The van der Waals surface area contributed by atoms with Gasteiger partial charge in [0.1, 0.15) is 5.82 Å². The molecule has 0 atom stereocenters. The molecule has 134 valence electrons. The van der Waals surface area contributed by atoms with Crippen LogP contribution in [0.4, 0.5) is 22.1 Å². The normalized spacial score (nSPS) is 10.3. The molecule has 1 aromatic carbocycles. The van der Waals surface area contributed by atoms with Gasteiger partial charge in [0.15, 0.2) is 5.82 Å². The summed E-state index contributed by atoms with van der Waals surface area (Å²) in [5, 5.41) is 9.01. The summed E-state index contributed by atoms with van der Waals surface area (Å²) in [6, 6.07) is 8.00. The van der Waals surface area contributed by atoms with Crippen LogP contribution in [0.1, 0.15) is 29.2 Å². The van der Waals surface area contributed by atoms with Gasteiger partial charge in [-0.3, -0.25) is 5.32 Å². The van der Waals surface area contributed by atoms with Crippen LogP contribution < -0.4 is 16.0 Å². The van der Waals surface area contributed by atoms with E-state index in [1.54, 1.807) is 20.0 Å². The van der Waals surface area contributed by atoms with Crippen LogP contribution >= 0.6 is 0 Å². The zero-order valence-electron chi connectivity index (χ0n) is 15.5. The zero-order chi connectivity index (χ0) is 18.4. The molecule has 0 aliphatic heterocycles. The number of carbonyl (C=O) groups is 1. The van der Waals surface area contributed by atoms with E-state index < -0.39 is 6.09 Å². The quantitative estimate of drug-likeness (QED) is 0.732. The fourth-order valence-corrected chi connectivity index (χ4v) is 2.79. The van der Waals surface area contributed by atoms with Crippen molar-refractivity contribution in [3.8, 4) is 0 Å². The molecule has 6 nitrogen and oxygen atoms in total. The van der Waals surface area contributed by atoms with Gasteiger partial charge >= 0.3 is 6.09 Å². The molecule has 1 amide bonds. The second-order valence-corrected chi connectivity index (χ2v) is 5.92. The number of nitrogens with one attached hydrogen (secondary N) is 3. The number of amides is 1. The first-order chi connectivity index (χ1) is 11.9. The topological polar surface area (TPSA) is 75.3 Å². The predicted octanol–water partition coefficient (Wildman–Crippen LogP) is 4.23. The van der Waals surface area contributed by atoms with Crippen LogP contribution in [0.15, 0.2) is 24.3 Å². The summed E-state index contributed by atoms with van der Waals surface area (Å²) in [6.45, 7) is 9.12. The number of hydrogen-bond acceptors (Lipinski definition) is 5. The summed E-state index contributed by atoms with van der Waals surface area (Å²) in [5.41, 5.74) is 5.64. The summed E-state index contributed by atoms with van der Waals surface area (Å²) in [7, 11) is 1.76. The number of nitrogens with zero attached hydrogens (tertiary/aromatic N) is 1. The third-order valence-electron chi connectivity index (χ3n) is 3.93. The highest BCUT2D eigenvalue weighted by atomic mass is 16.5. The first-order valence-corrected chi connectivity index (χ1v) is 8.37. The van der Waals surface area contributed by atoms with E-state index in [1.165, 1.54) is 22.3 Å². The van der Waals surface area contributed by atoms with E-state index >= 15 is 0 Å². The Morgan fingerprint density at radius 2 is 1.84 bits per heavy atom. The van der Waals surface area contributed by atoms with E-state index in [-0.39, 0.29) is 0 Å². The minimum Gasteiger partial charge on any atom is -0.450 e. The maximum Gasteiger partial charge on any atom is 0.411 e. The minimum absolute atomic E-state index is 0.322. The van der Waals surface area contributed by atoms with Gasteiger partial charge in [-0.25, -0.2) is 9.78 Å². The number of carbonyl (C=O) groups excluding carboxylic acids is 1. The van der Waals surface area contributed by atoms with E-state index in [0.29, 0.717) is 24.7 Å². The average molecular weight is 342 g/mol. The lowest BCUT2D eigenvalue weighted by atomic mass is 10.00. The highest BCUT2D eigenvalue weighted by molar-refractivity contribution is 5.88. The molecule has 2 rings (SSSR count). The molecule has 1 heterocycles. The third kappa shape index (κ3) is 4.86. The Balaban J connectivity index is 2.12. The molecular formula is C19H26N4O2. The van der Waals surface area contributed by atoms with Gasteiger partial charge in [-0.1, -0.05) is 17.7 Å². The second kappa shape index (κ2) is 8.37. The van der Waals surface area contributed by atoms with Crippen LogP contribution in [0.5, 0.6) is 0 Å². The lowest BCUT2D eigenvalue weighted by molar-refractivity contribution is 0.168. The molecule has 0 saturated heterocycles. The SMILES string of the molecule is CCOC(=O)Nc1ccc(NCc2c(C)cc(C)cc2C)nc1NC. The average Bonchev–Trinajstić information content (AvgIpc) is 2.55. The van der Waals surface area contributed by atoms with Gasteiger partial charge < -0.3 is 15.4 Å². The molecule has 0 radical (unpaired) electrons. The molecule has 0 aliphatic carbocycles. The molecular weight excluding hydrogens is 316 g/mol. The summed E-state index contributed by atoms with van der Waals surface area (Å²) in [4.78, 5) is 16.1. The number of rotatable bonds is 6. The van der Waals surface area contributed by atoms with Crippen molar-refractivity contribution in [3.05, 3.63) is 46.5 Å². The summed E-state index contributed by atoms with van der Waals surface area (Å²) >= 11 is 0. The van der Waals surface area contributed by atoms with Gasteiger partial charge in [0.2, 0.25) is 0 Å². The lowest BCUT2D eigenvalue weighted by Gasteiger charge is -2.15. The number of benzene rings is 1. The highest BCUT2D eigenvalue weighted by Gasteiger charge is 2.10. The Hall–Kier alpha value is -2.76. The molecule has 0 saturated carbocycles. The van der Waals surface area contributed by atoms with Crippen molar-refractivity contribution in [3.63, 3.8) is 0 Å². The number of hydrogen-bond donors (Lipinski definition) is 3. The maximum absolute atomic E-state index is 11.6. The summed E-state index contributed by atoms with van der Waals surface area (Å²) in [6.07, 6.45) is -0.493. The minimum atomic E-state index is -0.493. The number of pyridine rings is 1. The van der Waals surface area contributed by atoms with Crippen molar-refractivity contribution < 1.29 is 9.53 Å². The Kier molecular flexibility index (Phi) is 6.22. The van der Waals surface area contributed by atoms with E-state index in [1.807, 2.05) is 6.07 Å². The van der Waals surface area contributed by atoms with Crippen LogP contribution in [0.25, 0.3) is 0 Å². The van der Waals surface area contributed by atoms with E-state index in [4.69, 9.17) is 4.74 Å². The molecule has 2 aromatic rings. The van der Waals surface area contributed by atoms with Crippen LogP contribution in [0, 0.1) is 20.8 Å². The molecule has 6 heteroatoms. The molecule has 0 spiro atoms. The number of aromatic nitrogens is 1. The monoisotopic (exact) mass is 342 g/mol. The smallest absolute Gasteiger partial charge is 0.411 e. The van der Waals surface area contributed by atoms with Crippen molar-refractivity contribution >= 4 is 23.4 Å². The third-order valence-corrected chi connectivity index (χ3v) is 3.93. The first kappa shape index (κ1) is 18.6. The lowest BCUT2D eigenvalue weighted by Crippen LogP contribution is -2.15. The van der Waals surface area contributed by atoms with Gasteiger partial charge in [-0.2, -0.15) is 0 Å². The van der Waals surface area contributed by atoms with Crippen molar-refractivity contribution in [2.45, 2.75) is 34.2 Å². The Labute approximate surface area is 149 Å². The highest BCUT2D eigenvalue weighted by Crippen LogP contribution is 2.23. The molecule has 0 unspecified atom stereocenters. The molecule has 1 aromatic heterocycles. The Morgan fingerprint density at radius 1 is 1.16 bits per heavy atom. The van der Waals surface area contributed by atoms with Crippen molar-refractivity contribution in [2.75, 3.05) is 29.6 Å². The predicted molar refractivity (Wildman–Crippen MR) is 102 cm³/mol. The van der Waals surface area contributed by atoms with Crippen molar-refractivity contribution in [1.82, 2.24) is 4.98 Å². The summed E-state index contributed by atoms with van der Waals surface area (Å²) < 4.78 is 4.90. The van der Waals surface area contributed by atoms with Gasteiger partial charge in [0, 0.05) is 13.6 Å². The van der Waals surface area contributed by atoms with Gasteiger partial charge in [-0.15, -0.1) is 0 Å². The number of anilines is 3. The van der Waals surface area contributed by atoms with Crippen LogP contribution in [0.3, 0.4) is 0 Å². The fraction of sp³-hybridized carbons (Fsp3) is 0.368.